The maximum Gasteiger partial charge on any atom is 0.146 e. The van der Waals surface area contributed by atoms with Crippen molar-refractivity contribution in [2.75, 3.05) is 13.7 Å². The van der Waals surface area contributed by atoms with E-state index >= 15 is 0 Å². The summed E-state index contributed by atoms with van der Waals surface area (Å²) in [7, 11) is 1.65. The highest BCUT2D eigenvalue weighted by Crippen LogP contribution is 2.22. The van der Waals surface area contributed by atoms with Gasteiger partial charge in [-0.15, -0.1) is 0 Å². The van der Waals surface area contributed by atoms with Crippen LogP contribution < -0.4 is 11.3 Å². The lowest BCUT2D eigenvalue weighted by atomic mass is 9.97. The molecule has 1 heterocycles. The Morgan fingerprint density at radius 3 is 2.94 bits per heavy atom. The van der Waals surface area contributed by atoms with Crippen molar-refractivity contribution in [1.29, 1.82) is 0 Å². The molecule has 0 fully saturated rings. The van der Waals surface area contributed by atoms with Crippen molar-refractivity contribution in [3.05, 3.63) is 29.8 Å². The van der Waals surface area contributed by atoms with Crippen molar-refractivity contribution in [3.63, 3.8) is 0 Å². The second-order valence-corrected chi connectivity index (χ2v) is 3.91. The number of hydrazine groups is 1. The molecule has 3 N–H and O–H groups in total. The molecule has 0 amide bonds. The topological polar surface area (TPSA) is 60.2 Å². The number of rotatable bonds is 6. The van der Waals surface area contributed by atoms with Gasteiger partial charge in [0.25, 0.3) is 0 Å². The first kappa shape index (κ1) is 13.0. The molecule has 0 aromatic carbocycles. The van der Waals surface area contributed by atoms with Crippen LogP contribution in [-0.4, -0.2) is 18.7 Å². The molecule has 0 aliphatic heterocycles. The zero-order chi connectivity index (χ0) is 12.0. The summed E-state index contributed by atoms with van der Waals surface area (Å²) < 4.78 is 18.5. The average Bonchev–Trinajstić information content (AvgIpc) is 2.27. The standard InChI is InChI=1S/C11H18FN3O/c1-8(7-16-2)5-11(15-13)9-3-4-14-6-10(9)12/h3-4,6,8,11,15H,5,7,13H2,1-2H3. The normalized spacial score (nSPS) is 14.8. The summed E-state index contributed by atoms with van der Waals surface area (Å²) in [5, 5.41) is 0. The molecule has 4 nitrogen and oxygen atoms in total. The minimum absolute atomic E-state index is 0.215. The molecule has 1 aromatic rings. The molecular weight excluding hydrogens is 209 g/mol. The van der Waals surface area contributed by atoms with Gasteiger partial charge in [0.05, 0.1) is 6.20 Å². The highest BCUT2D eigenvalue weighted by atomic mass is 19.1. The summed E-state index contributed by atoms with van der Waals surface area (Å²) in [6.07, 6.45) is 3.47. The average molecular weight is 227 g/mol. The Bertz CT molecular complexity index is 322. The van der Waals surface area contributed by atoms with Crippen LogP contribution in [0.1, 0.15) is 24.9 Å². The third-order valence-corrected chi connectivity index (χ3v) is 2.47. The van der Waals surface area contributed by atoms with E-state index in [1.807, 2.05) is 6.92 Å². The third-order valence-electron chi connectivity index (χ3n) is 2.47. The molecule has 2 atom stereocenters. The van der Waals surface area contributed by atoms with Gasteiger partial charge in [0.2, 0.25) is 0 Å². The Morgan fingerprint density at radius 1 is 1.62 bits per heavy atom. The van der Waals surface area contributed by atoms with Crippen molar-refractivity contribution in [3.8, 4) is 0 Å². The molecule has 1 aromatic heterocycles. The Kier molecular flexibility index (Phi) is 5.31. The van der Waals surface area contributed by atoms with Gasteiger partial charge in [0.15, 0.2) is 0 Å². The summed E-state index contributed by atoms with van der Waals surface area (Å²) in [5.74, 6) is 5.41. The first-order valence-corrected chi connectivity index (χ1v) is 5.23. The van der Waals surface area contributed by atoms with E-state index in [-0.39, 0.29) is 11.9 Å². The summed E-state index contributed by atoms with van der Waals surface area (Å²) in [6.45, 7) is 2.66. The van der Waals surface area contributed by atoms with E-state index in [2.05, 4.69) is 10.4 Å². The number of methoxy groups -OCH3 is 1. The summed E-state index contributed by atoms with van der Waals surface area (Å²) in [5.41, 5.74) is 3.17. The molecular formula is C11H18FN3O. The van der Waals surface area contributed by atoms with E-state index in [9.17, 15) is 4.39 Å². The molecule has 2 unspecified atom stereocenters. The lowest BCUT2D eigenvalue weighted by Crippen LogP contribution is -2.30. The first-order valence-electron chi connectivity index (χ1n) is 5.23. The fraction of sp³-hybridized carbons (Fsp3) is 0.545. The molecule has 0 saturated carbocycles. The maximum absolute atomic E-state index is 13.5. The van der Waals surface area contributed by atoms with Crippen LogP contribution in [0.5, 0.6) is 0 Å². The summed E-state index contributed by atoms with van der Waals surface area (Å²) in [6, 6.07) is 1.42. The molecule has 0 spiro atoms. The number of pyridine rings is 1. The largest absolute Gasteiger partial charge is 0.384 e. The van der Waals surface area contributed by atoms with Gasteiger partial charge in [-0.3, -0.25) is 16.3 Å². The van der Waals surface area contributed by atoms with Gasteiger partial charge in [0, 0.05) is 31.5 Å². The molecule has 5 heteroatoms. The van der Waals surface area contributed by atoms with Gasteiger partial charge in [-0.2, -0.15) is 0 Å². The molecule has 90 valence electrons. The van der Waals surface area contributed by atoms with Gasteiger partial charge in [0.1, 0.15) is 5.82 Å². The van der Waals surface area contributed by atoms with E-state index in [0.717, 1.165) is 0 Å². The fourth-order valence-electron chi connectivity index (χ4n) is 1.71. The second kappa shape index (κ2) is 6.52. The number of aromatic nitrogens is 1. The van der Waals surface area contributed by atoms with Crippen molar-refractivity contribution in [2.24, 2.45) is 11.8 Å². The van der Waals surface area contributed by atoms with Gasteiger partial charge in [-0.25, -0.2) is 4.39 Å². The monoisotopic (exact) mass is 227 g/mol. The van der Waals surface area contributed by atoms with Gasteiger partial charge < -0.3 is 4.74 Å². The van der Waals surface area contributed by atoms with Gasteiger partial charge in [-0.05, 0) is 18.4 Å². The Morgan fingerprint density at radius 2 is 2.38 bits per heavy atom. The minimum Gasteiger partial charge on any atom is -0.384 e. The van der Waals surface area contributed by atoms with Gasteiger partial charge >= 0.3 is 0 Å². The molecule has 0 aliphatic carbocycles. The first-order chi connectivity index (χ1) is 7.69. The fourth-order valence-corrected chi connectivity index (χ4v) is 1.71. The number of nitrogens with two attached hydrogens (primary N) is 1. The van der Waals surface area contributed by atoms with Crippen LogP contribution in [0.25, 0.3) is 0 Å². The second-order valence-electron chi connectivity index (χ2n) is 3.91. The maximum atomic E-state index is 13.5. The highest BCUT2D eigenvalue weighted by Gasteiger charge is 2.17. The van der Waals surface area contributed by atoms with E-state index in [4.69, 9.17) is 10.6 Å². The number of nitrogens with zero attached hydrogens (tertiary/aromatic N) is 1. The lowest BCUT2D eigenvalue weighted by Gasteiger charge is -2.20. The predicted molar refractivity (Wildman–Crippen MR) is 59.9 cm³/mol. The summed E-state index contributed by atoms with van der Waals surface area (Å²) >= 11 is 0. The molecule has 16 heavy (non-hydrogen) atoms. The smallest absolute Gasteiger partial charge is 0.146 e. The quantitative estimate of drug-likeness (QED) is 0.569. The molecule has 0 bridgehead atoms. The van der Waals surface area contributed by atoms with Crippen molar-refractivity contribution >= 4 is 0 Å². The van der Waals surface area contributed by atoms with Crippen LogP contribution in [0, 0.1) is 11.7 Å². The number of hydrogen-bond acceptors (Lipinski definition) is 4. The zero-order valence-electron chi connectivity index (χ0n) is 9.61. The number of hydrogen-bond donors (Lipinski definition) is 2. The van der Waals surface area contributed by atoms with Crippen LogP contribution in [0.2, 0.25) is 0 Å². The number of nitrogens with one attached hydrogen (secondary N) is 1. The van der Waals surface area contributed by atoms with Crippen LogP contribution in [0.4, 0.5) is 4.39 Å². The van der Waals surface area contributed by atoms with E-state index < -0.39 is 0 Å². The van der Waals surface area contributed by atoms with E-state index in [1.54, 1.807) is 19.4 Å². The van der Waals surface area contributed by atoms with Crippen LogP contribution in [0.15, 0.2) is 18.5 Å². The zero-order valence-corrected chi connectivity index (χ0v) is 9.61. The number of ether oxygens (including phenoxy) is 1. The predicted octanol–water partition coefficient (Wildman–Crippen LogP) is 1.40. The van der Waals surface area contributed by atoms with E-state index in [0.29, 0.717) is 24.5 Å². The molecule has 0 radical (unpaired) electrons. The Balaban J connectivity index is 2.71. The van der Waals surface area contributed by atoms with Crippen LogP contribution in [-0.2, 0) is 4.74 Å². The molecule has 0 saturated heterocycles. The molecule has 0 aliphatic rings. The van der Waals surface area contributed by atoms with Crippen LogP contribution in [0.3, 0.4) is 0 Å². The van der Waals surface area contributed by atoms with Crippen molar-refractivity contribution in [2.45, 2.75) is 19.4 Å². The van der Waals surface area contributed by atoms with Gasteiger partial charge in [-0.1, -0.05) is 6.92 Å². The van der Waals surface area contributed by atoms with Crippen molar-refractivity contribution in [1.82, 2.24) is 10.4 Å². The van der Waals surface area contributed by atoms with Crippen molar-refractivity contribution < 1.29 is 9.13 Å². The highest BCUT2D eigenvalue weighted by molar-refractivity contribution is 5.17. The van der Waals surface area contributed by atoms with Crippen LogP contribution >= 0.6 is 0 Å². The number of halogens is 1. The Labute approximate surface area is 95.0 Å². The SMILES string of the molecule is COCC(C)CC(NN)c1ccncc1F. The minimum atomic E-state index is -0.338. The molecule has 1 rings (SSSR count). The van der Waals surface area contributed by atoms with E-state index in [1.165, 1.54) is 6.20 Å². The summed E-state index contributed by atoms with van der Waals surface area (Å²) in [4.78, 5) is 3.71. The lowest BCUT2D eigenvalue weighted by molar-refractivity contribution is 0.149. The third kappa shape index (κ3) is 3.52. The Hall–Kier alpha value is -1.04.